The van der Waals surface area contributed by atoms with Crippen molar-refractivity contribution < 1.29 is 9.53 Å². The van der Waals surface area contributed by atoms with Crippen molar-refractivity contribution in [3.63, 3.8) is 0 Å². The summed E-state index contributed by atoms with van der Waals surface area (Å²) in [5, 5.41) is 2.87. The van der Waals surface area contributed by atoms with Crippen LogP contribution in [-0.4, -0.2) is 18.6 Å². The predicted molar refractivity (Wildman–Crippen MR) is 78.5 cm³/mol. The van der Waals surface area contributed by atoms with E-state index in [9.17, 15) is 4.79 Å². The number of benzene rings is 1. The minimum Gasteiger partial charge on any atom is -0.484 e. The predicted octanol–water partition coefficient (Wildman–Crippen LogP) is 3.28. The molecule has 1 aromatic carbocycles. The van der Waals surface area contributed by atoms with Crippen LogP contribution in [0.3, 0.4) is 0 Å². The van der Waals surface area contributed by atoms with Crippen LogP contribution in [0, 0.1) is 0 Å². The Kier molecular flexibility index (Phi) is 5.40. The summed E-state index contributed by atoms with van der Waals surface area (Å²) in [7, 11) is 0. The Bertz CT molecular complexity index is 404. The van der Waals surface area contributed by atoms with Gasteiger partial charge in [0.2, 0.25) is 0 Å². The Balaban J connectivity index is 2.48. The molecule has 106 valence electrons. The lowest BCUT2D eigenvalue weighted by Crippen LogP contribution is -2.35. The van der Waals surface area contributed by atoms with E-state index in [4.69, 9.17) is 4.74 Å². The van der Waals surface area contributed by atoms with Gasteiger partial charge < -0.3 is 10.1 Å². The molecule has 0 aromatic heterocycles. The highest BCUT2D eigenvalue weighted by Crippen LogP contribution is 2.24. The van der Waals surface area contributed by atoms with E-state index in [2.05, 4.69) is 26.1 Å². The minimum atomic E-state index is -0.0748. The molecule has 0 radical (unpaired) electrons. The van der Waals surface area contributed by atoms with Crippen LogP contribution < -0.4 is 10.1 Å². The van der Waals surface area contributed by atoms with Gasteiger partial charge in [-0.2, -0.15) is 0 Å². The molecule has 0 heterocycles. The summed E-state index contributed by atoms with van der Waals surface area (Å²) in [6, 6.07) is 8.11. The number of nitrogens with one attached hydrogen (secondary N) is 1. The van der Waals surface area contributed by atoms with Gasteiger partial charge in [-0.05, 0) is 36.5 Å². The normalized spacial score (nSPS) is 12.9. The van der Waals surface area contributed by atoms with E-state index >= 15 is 0 Å². The molecule has 0 unspecified atom stereocenters. The molecule has 0 fully saturated rings. The lowest BCUT2D eigenvalue weighted by atomic mass is 9.87. The lowest BCUT2D eigenvalue weighted by molar-refractivity contribution is -0.123. The number of ether oxygens (including phenoxy) is 1. The maximum Gasteiger partial charge on any atom is 0.258 e. The second-order valence-corrected chi connectivity index (χ2v) is 5.94. The highest BCUT2D eigenvalue weighted by atomic mass is 16.5. The molecule has 3 heteroatoms. The van der Waals surface area contributed by atoms with Crippen molar-refractivity contribution >= 4 is 5.91 Å². The highest BCUT2D eigenvalue weighted by Gasteiger charge is 2.13. The van der Waals surface area contributed by atoms with Crippen molar-refractivity contribution in [1.82, 2.24) is 5.32 Å². The Morgan fingerprint density at radius 3 is 2.32 bits per heavy atom. The van der Waals surface area contributed by atoms with Crippen molar-refractivity contribution in [2.75, 3.05) is 6.61 Å². The van der Waals surface area contributed by atoms with Gasteiger partial charge in [-0.1, -0.05) is 39.8 Å². The first-order valence-electron chi connectivity index (χ1n) is 6.85. The van der Waals surface area contributed by atoms with Crippen LogP contribution in [0.4, 0.5) is 0 Å². The summed E-state index contributed by atoms with van der Waals surface area (Å²) in [5.74, 6) is 0.654. The van der Waals surface area contributed by atoms with E-state index in [1.807, 2.05) is 38.1 Å². The fraction of sp³-hybridized carbons (Fsp3) is 0.562. The van der Waals surface area contributed by atoms with E-state index in [-0.39, 0.29) is 24.0 Å². The minimum absolute atomic E-state index is 0.0687. The molecule has 0 saturated heterocycles. The average molecular weight is 263 g/mol. The molecule has 1 amide bonds. The van der Waals surface area contributed by atoms with Crippen molar-refractivity contribution in [2.45, 2.75) is 52.5 Å². The van der Waals surface area contributed by atoms with E-state index < -0.39 is 0 Å². The number of carbonyl (C=O) groups excluding carboxylic acids is 1. The first-order valence-corrected chi connectivity index (χ1v) is 6.85. The van der Waals surface area contributed by atoms with Gasteiger partial charge in [-0.3, -0.25) is 4.79 Å². The molecule has 0 aliphatic carbocycles. The van der Waals surface area contributed by atoms with Gasteiger partial charge in [0.05, 0.1) is 0 Å². The maximum atomic E-state index is 11.6. The summed E-state index contributed by atoms with van der Waals surface area (Å²) < 4.78 is 5.47. The van der Waals surface area contributed by atoms with Crippen LogP contribution >= 0.6 is 0 Å². The van der Waals surface area contributed by atoms with Crippen LogP contribution in [0.15, 0.2) is 24.3 Å². The summed E-state index contributed by atoms with van der Waals surface area (Å²) in [6.45, 7) is 10.6. The zero-order valence-corrected chi connectivity index (χ0v) is 12.6. The quantitative estimate of drug-likeness (QED) is 0.885. The smallest absolute Gasteiger partial charge is 0.258 e. The van der Waals surface area contributed by atoms with Crippen LogP contribution in [0.1, 0.15) is 46.6 Å². The maximum absolute atomic E-state index is 11.6. The first kappa shape index (κ1) is 15.5. The fourth-order valence-electron chi connectivity index (χ4n) is 1.62. The first-order chi connectivity index (χ1) is 8.82. The van der Waals surface area contributed by atoms with Crippen molar-refractivity contribution in [3.05, 3.63) is 29.8 Å². The van der Waals surface area contributed by atoms with Gasteiger partial charge in [0.1, 0.15) is 5.75 Å². The van der Waals surface area contributed by atoms with Crippen LogP contribution in [0.2, 0.25) is 0 Å². The van der Waals surface area contributed by atoms with Crippen molar-refractivity contribution in [3.8, 4) is 5.75 Å². The number of rotatable bonds is 5. The topological polar surface area (TPSA) is 38.3 Å². The number of amides is 1. The van der Waals surface area contributed by atoms with E-state index in [1.165, 1.54) is 5.56 Å². The van der Waals surface area contributed by atoms with Gasteiger partial charge in [0.15, 0.2) is 6.61 Å². The SMILES string of the molecule is CC[C@@H](C)NC(=O)COc1ccc(C(C)(C)C)cc1. The molecule has 1 aromatic rings. The number of hydrogen-bond donors (Lipinski definition) is 1. The van der Waals surface area contributed by atoms with E-state index in [0.29, 0.717) is 0 Å². The summed E-state index contributed by atoms with van der Waals surface area (Å²) in [5.41, 5.74) is 1.39. The number of carbonyl (C=O) groups is 1. The summed E-state index contributed by atoms with van der Waals surface area (Å²) in [6.07, 6.45) is 0.923. The Morgan fingerprint density at radius 1 is 1.26 bits per heavy atom. The molecule has 0 spiro atoms. The third kappa shape index (κ3) is 5.33. The molecule has 0 bridgehead atoms. The Morgan fingerprint density at radius 2 is 1.84 bits per heavy atom. The average Bonchev–Trinajstić information content (AvgIpc) is 2.35. The second kappa shape index (κ2) is 6.60. The third-order valence-corrected chi connectivity index (χ3v) is 3.11. The molecule has 3 nitrogen and oxygen atoms in total. The van der Waals surface area contributed by atoms with Gasteiger partial charge in [-0.15, -0.1) is 0 Å². The molecule has 1 rings (SSSR count). The Hall–Kier alpha value is -1.51. The Labute approximate surface area is 116 Å². The van der Waals surface area contributed by atoms with Gasteiger partial charge in [0.25, 0.3) is 5.91 Å². The third-order valence-electron chi connectivity index (χ3n) is 3.11. The highest BCUT2D eigenvalue weighted by molar-refractivity contribution is 5.77. The van der Waals surface area contributed by atoms with Gasteiger partial charge >= 0.3 is 0 Å². The molecular formula is C16H25NO2. The molecule has 0 saturated carbocycles. The lowest BCUT2D eigenvalue weighted by Gasteiger charge is -2.19. The zero-order chi connectivity index (χ0) is 14.5. The fourth-order valence-corrected chi connectivity index (χ4v) is 1.62. The number of hydrogen-bond acceptors (Lipinski definition) is 2. The van der Waals surface area contributed by atoms with Crippen LogP contribution in [0.25, 0.3) is 0 Å². The summed E-state index contributed by atoms with van der Waals surface area (Å²) >= 11 is 0. The molecule has 1 atom stereocenters. The van der Waals surface area contributed by atoms with Crippen LogP contribution in [-0.2, 0) is 10.2 Å². The molecule has 0 aliphatic heterocycles. The molecule has 0 aliphatic rings. The van der Waals surface area contributed by atoms with Crippen molar-refractivity contribution in [2.24, 2.45) is 0 Å². The van der Waals surface area contributed by atoms with Gasteiger partial charge in [-0.25, -0.2) is 0 Å². The van der Waals surface area contributed by atoms with E-state index in [1.54, 1.807) is 0 Å². The van der Waals surface area contributed by atoms with Crippen molar-refractivity contribution in [1.29, 1.82) is 0 Å². The largest absolute Gasteiger partial charge is 0.484 e. The standard InChI is InChI=1S/C16H25NO2/c1-6-12(2)17-15(18)11-19-14-9-7-13(8-10-14)16(3,4)5/h7-10,12H,6,11H2,1-5H3,(H,17,18)/t12-/m1/s1. The second-order valence-electron chi connectivity index (χ2n) is 5.94. The molecule has 19 heavy (non-hydrogen) atoms. The van der Waals surface area contributed by atoms with Crippen LogP contribution in [0.5, 0.6) is 5.75 Å². The monoisotopic (exact) mass is 263 g/mol. The van der Waals surface area contributed by atoms with E-state index in [0.717, 1.165) is 12.2 Å². The molecular weight excluding hydrogens is 238 g/mol. The molecule has 1 N–H and O–H groups in total. The zero-order valence-electron chi connectivity index (χ0n) is 12.6. The summed E-state index contributed by atoms with van der Waals surface area (Å²) in [4.78, 5) is 11.6. The van der Waals surface area contributed by atoms with Gasteiger partial charge in [0, 0.05) is 6.04 Å².